The van der Waals surface area contributed by atoms with Crippen molar-refractivity contribution >= 4 is 10.0 Å². The van der Waals surface area contributed by atoms with E-state index in [9.17, 15) is 8.42 Å². The Morgan fingerprint density at radius 1 is 0.731 bits per heavy atom. The third-order valence-electron chi connectivity index (χ3n) is 4.32. The van der Waals surface area contributed by atoms with Crippen molar-refractivity contribution in [2.45, 2.75) is 25.6 Å². The summed E-state index contributed by atoms with van der Waals surface area (Å²) in [5.74, 6) is -0.0392. The fourth-order valence-corrected chi connectivity index (χ4v) is 4.20. The highest BCUT2D eigenvalue weighted by Gasteiger charge is 2.21. The minimum atomic E-state index is -3.50. The average Bonchev–Trinajstić information content (AvgIpc) is 2.63. The summed E-state index contributed by atoms with van der Waals surface area (Å²) in [4.78, 5) is 0. The maximum absolute atomic E-state index is 12.8. The van der Waals surface area contributed by atoms with E-state index in [2.05, 4.69) is 4.72 Å². The third kappa shape index (κ3) is 4.81. The molecular formula is C22H23NO2S. The Balaban J connectivity index is 1.89. The molecule has 0 spiro atoms. The molecule has 3 aromatic rings. The van der Waals surface area contributed by atoms with Crippen LogP contribution < -0.4 is 4.72 Å². The van der Waals surface area contributed by atoms with Crippen molar-refractivity contribution in [1.82, 2.24) is 4.72 Å². The van der Waals surface area contributed by atoms with E-state index in [0.29, 0.717) is 0 Å². The molecule has 3 nitrogen and oxygen atoms in total. The van der Waals surface area contributed by atoms with Gasteiger partial charge >= 0.3 is 0 Å². The van der Waals surface area contributed by atoms with Gasteiger partial charge in [-0.25, -0.2) is 13.1 Å². The Kier molecular flexibility index (Phi) is 5.55. The molecule has 0 aliphatic rings. The molecule has 0 aromatic heterocycles. The van der Waals surface area contributed by atoms with Crippen molar-refractivity contribution < 1.29 is 8.42 Å². The van der Waals surface area contributed by atoms with Crippen LogP contribution in [0.25, 0.3) is 0 Å². The van der Waals surface area contributed by atoms with Crippen molar-refractivity contribution in [2.24, 2.45) is 0 Å². The molecule has 0 saturated heterocycles. The fourth-order valence-electron chi connectivity index (χ4n) is 2.86. The molecule has 26 heavy (non-hydrogen) atoms. The lowest BCUT2D eigenvalue weighted by molar-refractivity contribution is 0.571. The topological polar surface area (TPSA) is 46.2 Å². The zero-order valence-corrected chi connectivity index (χ0v) is 15.8. The predicted molar refractivity (Wildman–Crippen MR) is 106 cm³/mol. The lowest BCUT2D eigenvalue weighted by atomic mass is 9.99. The van der Waals surface area contributed by atoms with Crippen LogP contribution in [0.3, 0.4) is 0 Å². The molecule has 0 unspecified atom stereocenters. The molecule has 0 radical (unpaired) electrons. The van der Waals surface area contributed by atoms with E-state index in [1.54, 1.807) is 0 Å². The zero-order chi connectivity index (χ0) is 18.6. The molecule has 0 bridgehead atoms. The van der Waals surface area contributed by atoms with Crippen LogP contribution >= 0.6 is 0 Å². The number of hydrogen-bond acceptors (Lipinski definition) is 2. The molecular weight excluding hydrogens is 342 g/mol. The minimum absolute atomic E-state index is 0.0392. The molecule has 0 aliphatic heterocycles. The monoisotopic (exact) mass is 365 g/mol. The molecule has 3 rings (SSSR count). The quantitative estimate of drug-likeness (QED) is 0.698. The van der Waals surface area contributed by atoms with E-state index in [-0.39, 0.29) is 5.75 Å². The van der Waals surface area contributed by atoms with Gasteiger partial charge in [0.15, 0.2) is 0 Å². The van der Waals surface area contributed by atoms with Crippen LogP contribution in [-0.4, -0.2) is 8.42 Å². The third-order valence-corrected chi connectivity index (χ3v) is 5.63. The molecule has 0 heterocycles. The van der Waals surface area contributed by atoms with Crippen molar-refractivity contribution in [3.8, 4) is 0 Å². The van der Waals surface area contributed by atoms with Crippen LogP contribution in [0.15, 0.2) is 78.9 Å². The molecule has 0 fully saturated rings. The van der Waals surface area contributed by atoms with Crippen molar-refractivity contribution in [2.75, 3.05) is 0 Å². The van der Waals surface area contributed by atoms with E-state index in [1.165, 1.54) is 0 Å². The Bertz CT molecular complexity index is 947. The number of aryl methyl sites for hydroxylation is 2. The van der Waals surface area contributed by atoms with Gasteiger partial charge in [0.2, 0.25) is 10.0 Å². The van der Waals surface area contributed by atoms with Crippen LogP contribution in [0, 0.1) is 13.8 Å². The maximum atomic E-state index is 12.8. The first-order chi connectivity index (χ1) is 12.4. The van der Waals surface area contributed by atoms with E-state index in [0.717, 1.165) is 27.8 Å². The van der Waals surface area contributed by atoms with Gasteiger partial charge in [-0.05, 0) is 30.5 Å². The Hall–Kier alpha value is -2.43. The Labute approximate surface area is 155 Å². The smallest absolute Gasteiger partial charge is 0.212 e. The first kappa shape index (κ1) is 18.4. The SMILES string of the molecule is Cc1ccc(CS(=O)(=O)N[C@@H](c2ccccc2)c2ccc(C)cc2)cc1. The molecule has 1 atom stereocenters. The summed E-state index contributed by atoms with van der Waals surface area (Å²) < 4.78 is 28.5. The van der Waals surface area contributed by atoms with Gasteiger partial charge in [0, 0.05) is 0 Å². The summed E-state index contributed by atoms with van der Waals surface area (Å²) in [6.07, 6.45) is 0. The predicted octanol–water partition coefficient (Wildman–Crippen LogP) is 4.51. The van der Waals surface area contributed by atoms with Gasteiger partial charge in [0.05, 0.1) is 11.8 Å². The molecule has 0 aliphatic carbocycles. The molecule has 4 heteroatoms. The number of benzene rings is 3. The van der Waals surface area contributed by atoms with Crippen LogP contribution in [0.4, 0.5) is 0 Å². The van der Waals surface area contributed by atoms with Gasteiger partial charge < -0.3 is 0 Å². The van der Waals surface area contributed by atoms with E-state index in [1.807, 2.05) is 92.7 Å². The number of nitrogens with one attached hydrogen (secondary N) is 1. The van der Waals surface area contributed by atoms with Crippen molar-refractivity contribution in [1.29, 1.82) is 0 Å². The summed E-state index contributed by atoms with van der Waals surface area (Å²) in [5, 5.41) is 0. The molecule has 3 aromatic carbocycles. The summed E-state index contributed by atoms with van der Waals surface area (Å²) in [7, 11) is -3.50. The Morgan fingerprint density at radius 2 is 1.23 bits per heavy atom. The standard InChI is InChI=1S/C22H23NO2S/c1-17-8-12-19(13-9-17)16-26(24,25)23-22(20-6-4-3-5-7-20)21-14-10-18(2)11-15-21/h3-15,22-23H,16H2,1-2H3/t22-/m0/s1. The second kappa shape index (κ2) is 7.85. The number of rotatable bonds is 6. The highest BCUT2D eigenvalue weighted by molar-refractivity contribution is 7.88. The van der Waals surface area contributed by atoms with Gasteiger partial charge in [-0.1, -0.05) is 90.0 Å². The van der Waals surface area contributed by atoms with Crippen LogP contribution in [0.2, 0.25) is 0 Å². The molecule has 1 N–H and O–H groups in total. The Morgan fingerprint density at radius 3 is 1.81 bits per heavy atom. The summed E-state index contributed by atoms with van der Waals surface area (Å²) in [6, 6.07) is 24.8. The van der Waals surface area contributed by atoms with E-state index in [4.69, 9.17) is 0 Å². The van der Waals surface area contributed by atoms with E-state index >= 15 is 0 Å². The number of sulfonamides is 1. The normalized spacial score (nSPS) is 12.7. The van der Waals surface area contributed by atoms with Crippen LogP contribution in [-0.2, 0) is 15.8 Å². The summed E-state index contributed by atoms with van der Waals surface area (Å²) in [5.41, 5.74) is 4.88. The lowest BCUT2D eigenvalue weighted by Crippen LogP contribution is -2.30. The van der Waals surface area contributed by atoms with Gasteiger partial charge in [0.1, 0.15) is 0 Å². The lowest BCUT2D eigenvalue weighted by Gasteiger charge is -2.20. The first-order valence-corrected chi connectivity index (χ1v) is 10.3. The second-order valence-electron chi connectivity index (χ2n) is 6.62. The maximum Gasteiger partial charge on any atom is 0.216 e. The summed E-state index contributed by atoms with van der Waals surface area (Å²) >= 11 is 0. The highest BCUT2D eigenvalue weighted by atomic mass is 32.2. The largest absolute Gasteiger partial charge is 0.216 e. The minimum Gasteiger partial charge on any atom is -0.212 e. The molecule has 0 saturated carbocycles. The van der Waals surface area contributed by atoms with Gasteiger partial charge in [-0.15, -0.1) is 0 Å². The van der Waals surface area contributed by atoms with E-state index < -0.39 is 16.1 Å². The zero-order valence-electron chi connectivity index (χ0n) is 15.0. The average molecular weight is 365 g/mol. The van der Waals surface area contributed by atoms with Crippen LogP contribution in [0.5, 0.6) is 0 Å². The van der Waals surface area contributed by atoms with Crippen molar-refractivity contribution in [3.63, 3.8) is 0 Å². The van der Waals surface area contributed by atoms with Gasteiger partial charge in [0.25, 0.3) is 0 Å². The fraction of sp³-hybridized carbons (Fsp3) is 0.182. The summed E-state index contributed by atoms with van der Waals surface area (Å²) in [6.45, 7) is 4.00. The van der Waals surface area contributed by atoms with Gasteiger partial charge in [-0.2, -0.15) is 0 Å². The molecule has 134 valence electrons. The van der Waals surface area contributed by atoms with Gasteiger partial charge in [-0.3, -0.25) is 0 Å². The van der Waals surface area contributed by atoms with Crippen molar-refractivity contribution in [3.05, 3.63) is 107 Å². The second-order valence-corrected chi connectivity index (χ2v) is 8.37. The first-order valence-electron chi connectivity index (χ1n) is 8.60. The molecule has 0 amide bonds. The number of hydrogen-bond donors (Lipinski definition) is 1. The van der Waals surface area contributed by atoms with Crippen LogP contribution in [0.1, 0.15) is 33.9 Å². The highest BCUT2D eigenvalue weighted by Crippen LogP contribution is 2.24.